The molecule has 2 unspecified atom stereocenters. The standard InChI is InChI=1S/C24H34O3S/c1-17(2)28(25,26)16-23-10-8-20(14-18(23)3)7-9-21-11-12-22(15-19(21)4)24-6-5-13-27-24/h5-6,11-13,15,17-18,20,23H,7-10,14,16H2,1-4H3/t18?,20-,23?/m1/s1. The van der Waals surface area contributed by atoms with Crippen molar-refractivity contribution in [2.75, 3.05) is 5.75 Å². The van der Waals surface area contributed by atoms with Crippen LogP contribution in [0.2, 0.25) is 0 Å². The average Bonchev–Trinajstić information content (AvgIpc) is 3.17. The molecule has 1 fully saturated rings. The van der Waals surface area contributed by atoms with Crippen LogP contribution >= 0.6 is 0 Å². The number of benzene rings is 1. The lowest BCUT2D eigenvalue weighted by atomic mass is 9.74. The summed E-state index contributed by atoms with van der Waals surface area (Å²) in [7, 11) is -2.94. The Bertz CT molecular complexity index is 865. The summed E-state index contributed by atoms with van der Waals surface area (Å²) >= 11 is 0. The van der Waals surface area contributed by atoms with E-state index in [2.05, 4.69) is 32.0 Å². The Balaban J connectivity index is 1.54. The molecule has 4 heteroatoms. The summed E-state index contributed by atoms with van der Waals surface area (Å²) in [5.41, 5.74) is 3.86. The molecule has 3 rings (SSSR count). The molecule has 0 aliphatic heterocycles. The number of aryl methyl sites for hydroxylation is 2. The van der Waals surface area contributed by atoms with E-state index >= 15 is 0 Å². The normalized spacial score (nSPS) is 23.2. The minimum Gasteiger partial charge on any atom is -0.464 e. The van der Waals surface area contributed by atoms with Gasteiger partial charge in [0, 0.05) is 5.56 Å². The quantitative estimate of drug-likeness (QED) is 0.565. The van der Waals surface area contributed by atoms with Gasteiger partial charge >= 0.3 is 0 Å². The van der Waals surface area contributed by atoms with E-state index in [-0.39, 0.29) is 5.25 Å². The molecule has 3 nitrogen and oxygen atoms in total. The molecule has 154 valence electrons. The fourth-order valence-electron chi connectivity index (χ4n) is 4.50. The second-order valence-electron chi connectivity index (χ2n) is 8.95. The zero-order valence-electron chi connectivity index (χ0n) is 17.6. The Hall–Kier alpha value is -1.55. The summed E-state index contributed by atoms with van der Waals surface area (Å²) in [6, 6.07) is 10.5. The zero-order chi connectivity index (χ0) is 20.3. The van der Waals surface area contributed by atoms with E-state index in [0.717, 1.165) is 37.0 Å². The summed E-state index contributed by atoms with van der Waals surface area (Å²) in [6.45, 7) is 8.02. The van der Waals surface area contributed by atoms with E-state index in [1.54, 1.807) is 20.1 Å². The molecule has 0 N–H and O–H groups in total. The highest BCUT2D eigenvalue weighted by Crippen LogP contribution is 2.37. The third-order valence-electron chi connectivity index (χ3n) is 6.59. The van der Waals surface area contributed by atoms with Gasteiger partial charge in [0.2, 0.25) is 0 Å². The van der Waals surface area contributed by atoms with Gasteiger partial charge in [-0.2, -0.15) is 0 Å². The van der Waals surface area contributed by atoms with E-state index in [1.807, 2.05) is 12.1 Å². The first kappa shape index (κ1) is 21.2. The van der Waals surface area contributed by atoms with Crippen LogP contribution in [0.1, 0.15) is 57.6 Å². The first-order chi connectivity index (χ1) is 13.3. The zero-order valence-corrected chi connectivity index (χ0v) is 18.5. The van der Waals surface area contributed by atoms with Gasteiger partial charge in [0.1, 0.15) is 5.76 Å². The monoisotopic (exact) mass is 402 g/mol. The minimum absolute atomic E-state index is 0.260. The Morgan fingerprint density at radius 1 is 1.18 bits per heavy atom. The van der Waals surface area contributed by atoms with Gasteiger partial charge in [-0.25, -0.2) is 8.42 Å². The van der Waals surface area contributed by atoms with Crippen molar-refractivity contribution < 1.29 is 12.8 Å². The van der Waals surface area contributed by atoms with Gasteiger partial charge in [0.25, 0.3) is 0 Å². The number of rotatable bonds is 7. The Kier molecular flexibility index (Phi) is 6.69. The Morgan fingerprint density at radius 3 is 2.57 bits per heavy atom. The van der Waals surface area contributed by atoms with E-state index in [4.69, 9.17) is 4.42 Å². The molecule has 0 amide bonds. The van der Waals surface area contributed by atoms with Crippen molar-refractivity contribution in [2.45, 2.75) is 65.0 Å². The summed E-state index contributed by atoms with van der Waals surface area (Å²) in [4.78, 5) is 0. The fraction of sp³-hybridized carbons (Fsp3) is 0.583. The summed E-state index contributed by atoms with van der Waals surface area (Å²) in [5.74, 6) is 2.81. The third kappa shape index (κ3) is 5.08. The van der Waals surface area contributed by atoms with Crippen molar-refractivity contribution >= 4 is 9.84 Å². The van der Waals surface area contributed by atoms with Crippen LogP contribution < -0.4 is 0 Å². The fourth-order valence-corrected chi connectivity index (χ4v) is 5.98. The average molecular weight is 403 g/mol. The molecule has 1 saturated carbocycles. The highest BCUT2D eigenvalue weighted by atomic mass is 32.2. The minimum atomic E-state index is -2.94. The number of furan rings is 1. The molecule has 1 aromatic carbocycles. The lowest BCUT2D eigenvalue weighted by Gasteiger charge is -2.34. The van der Waals surface area contributed by atoms with Gasteiger partial charge in [-0.1, -0.05) is 25.5 Å². The van der Waals surface area contributed by atoms with Crippen LogP contribution in [0.3, 0.4) is 0 Å². The van der Waals surface area contributed by atoms with Crippen molar-refractivity contribution in [1.82, 2.24) is 0 Å². The predicted octanol–water partition coefficient (Wildman–Crippen LogP) is 6.06. The first-order valence-corrected chi connectivity index (χ1v) is 12.3. The number of sulfone groups is 1. The van der Waals surface area contributed by atoms with Crippen LogP contribution in [0, 0.1) is 24.7 Å². The second kappa shape index (κ2) is 8.86. The van der Waals surface area contributed by atoms with Crippen molar-refractivity contribution in [1.29, 1.82) is 0 Å². The van der Waals surface area contributed by atoms with Gasteiger partial charge in [0.15, 0.2) is 9.84 Å². The highest BCUT2D eigenvalue weighted by Gasteiger charge is 2.31. The van der Waals surface area contributed by atoms with E-state index < -0.39 is 9.84 Å². The van der Waals surface area contributed by atoms with Crippen molar-refractivity contribution in [3.63, 3.8) is 0 Å². The maximum absolute atomic E-state index is 12.3. The van der Waals surface area contributed by atoms with Gasteiger partial charge in [0.05, 0.1) is 17.3 Å². The van der Waals surface area contributed by atoms with Crippen LogP contribution in [0.15, 0.2) is 41.0 Å². The molecule has 0 saturated heterocycles. The van der Waals surface area contributed by atoms with Crippen molar-refractivity contribution in [2.24, 2.45) is 17.8 Å². The molecule has 0 radical (unpaired) electrons. The molecular formula is C24H34O3S. The van der Waals surface area contributed by atoms with Gasteiger partial charge in [-0.3, -0.25) is 0 Å². The summed E-state index contributed by atoms with van der Waals surface area (Å²) < 4.78 is 30.1. The number of hydrogen-bond acceptors (Lipinski definition) is 3. The smallest absolute Gasteiger partial charge is 0.152 e. The van der Waals surface area contributed by atoms with E-state index in [1.165, 1.54) is 17.5 Å². The molecule has 1 aromatic heterocycles. The number of hydrogen-bond donors (Lipinski definition) is 0. The molecular weight excluding hydrogens is 368 g/mol. The van der Waals surface area contributed by atoms with Crippen molar-refractivity contribution in [3.05, 3.63) is 47.7 Å². The van der Waals surface area contributed by atoms with Gasteiger partial charge in [-0.05, 0) is 93.5 Å². The maximum Gasteiger partial charge on any atom is 0.152 e. The van der Waals surface area contributed by atoms with Crippen LogP contribution in [0.4, 0.5) is 0 Å². The third-order valence-corrected chi connectivity index (χ3v) is 8.92. The van der Waals surface area contributed by atoms with Crippen molar-refractivity contribution in [3.8, 4) is 11.3 Å². The molecule has 3 atom stereocenters. The Morgan fingerprint density at radius 2 is 1.96 bits per heavy atom. The lowest BCUT2D eigenvalue weighted by molar-refractivity contribution is 0.202. The largest absolute Gasteiger partial charge is 0.464 e. The van der Waals surface area contributed by atoms with Crippen LogP contribution in [0.5, 0.6) is 0 Å². The molecule has 28 heavy (non-hydrogen) atoms. The second-order valence-corrected chi connectivity index (χ2v) is 11.6. The molecule has 1 aliphatic rings. The topological polar surface area (TPSA) is 47.3 Å². The lowest BCUT2D eigenvalue weighted by Crippen LogP contribution is -2.31. The molecule has 0 spiro atoms. The van der Waals surface area contributed by atoms with Crippen LogP contribution in [-0.2, 0) is 16.3 Å². The SMILES string of the molecule is Cc1cc(-c2ccco2)ccc1CC[C@@H]1CCC(CS(=O)(=O)C(C)C)C(C)C1. The van der Waals surface area contributed by atoms with Gasteiger partial charge < -0.3 is 4.42 Å². The van der Waals surface area contributed by atoms with E-state index in [0.29, 0.717) is 23.5 Å². The van der Waals surface area contributed by atoms with Crippen LogP contribution in [0.25, 0.3) is 11.3 Å². The predicted molar refractivity (Wildman–Crippen MR) is 116 cm³/mol. The molecule has 2 aromatic rings. The summed E-state index contributed by atoms with van der Waals surface area (Å²) in [6.07, 6.45) is 7.36. The van der Waals surface area contributed by atoms with Crippen LogP contribution in [-0.4, -0.2) is 19.4 Å². The summed E-state index contributed by atoms with van der Waals surface area (Å²) in [5, 5.41) is -0.260. The van der Waals surface area contributed by atoms with E-state index in [9.17, 15) is 8.42 Å². The maximum atomic E-state index is 12.3. The molecule has 1 heterocycles. The molecule has 1 aliphatic carbocycles. The highest BCUT2D eigenvalue weighted by molar-refractivity contribution is 7.91. The van der Waals surface area contributed by atoms with Gasteiger partial charge in [-0.15, -0.1) is 0 Å². The molecule has 0 bridgehead atoms. The first-order valence-electron chi connectivity index (χ1n) is 10.6. The Labute approximate surface area is 170 Å².